The van der Waals surface area contributed by atoms with Crippen LogP contribution >= 0.6 is 27.5 Å². The molecule has 0 amide bonds. The normalized spacial score (nSPS) is 13.9. The molecule has 90 valence electrons. The number of rotatable bonds is 3. The Hall–Kier alpha value is -0.0800. The van der Waals surface area contributed by atoms with Crippen LogP contribution in [0.4, 0.5) is 4.39 Å². The molecule has 3 heteroatoms. The minimum Gasteiger partial charge on any atom is -0.205 e. The third-order valence-electron chi connectivity index (χ3n) is 2.61. The monoisotopic (exact) mass is 306 g/mol. The molecule has 1 unspecified atom stereocenters. The van der Waals surface area contributed by atoms with Crippen LogP contribution in [0, 0.1) is 11.2 Å². The maximum absolute atomic E-state index is 13.2. The van der Waals surface area contributed by atoms with Gasteiger partial charge >= 0.3 is 0 Å². The van der Waals surface area contributed by atoms with E-state index in [2.05, 4.69) is 36.7 Å². The van der Waals surface area contributed by atoms with Crippen LogP contribution in [0.3, 0.4) is 0 Å². The van der Waals surface area contributed by atoms with Crippen molar-refractivity contribution in [3.63, 3.8) is 0 Å². The Morgan fingerprint density at radius 1 is 1.38 bits per heavy atom. The van der Waals surface area contributed by atoms with Crippen LogP contribution in [-0.4, -0.2) is 4.83 Å². The Morgan fingerprint density at radius 3 is 2.50 bits per heavy atom. The highest BCUT2D eigenvalue weighted by molar-refractivity contribution is 9.09. The van der Waals surface area contributed by atoms with Crippen molar-refractivity contribution in [1.29, 1.82) is 0 Å². The summed E-state index contributed by atoms with van der Waals surface area (Å²) in [5, 5.41) is 0.190. The Kier molecular flexibility index (Phi) is 4.81. The number of benzene rings is 1. The molecular formula is C13H17BrClF. The summed E-state index contributed by atoms with van der Waals surface area (Å²) in [4.78, 5) is 0.429. The zero-order chi connectivity index (χ0) is 12.3. The first kappa shape index (κ1) is 14.0. The Balaban J connectivity index is 2.58. The Bertz CT molecular complexity index is 357. The van der Waals surface area contributed by atoms with Crippen molar-refractivity contribution in [3.8, 4) is 0 Å². The van der Waals surface area contributed by atoms with Crippen molar-refractivity contribution < 1.29 is 4.39 Å². The van der Waals surface area contributed by atoms with Crippen molar-refractivity contribution >= 4 is 27.5 Å². The number of hydrogen-bond donors (Lipinski definition) is 0. The van der Waals surface area contributed by atoms with Crippen molar-refractivity contribution in [2.24, 2.45) is 5.41 Å². The van der Waals surface area contributed by atoms with Crippen molar-refractivity contribution in [3.05, 3.63) is 34.6 Å². The summed E-state index contributed by atoms with van der Waals surface area (Å²) in [6.07, 6.45) is 1.85. The van der Waals surface area contributed by atoms with E-state index in [1.165, 1.54) is 6.07 Å². The molecule has 0 saturated heterocycles. The fourth-order valence-electron chi connectivity index (χ4n) is 1.42. The van der Waals surface area contributed by atoms with E-state index in [1.807, 2.05) is 6.07 Å². The third kappa shape index (κ3) is 4.06. The van der Waals surface area contributed by atoms with Gasteiger partial charge in [0, 0.05) is 4.83 Å². The summed E-state index contributed by atoms with van der Waals surface area (Å²) in [6.45, 7) is 6.57. The van der Waals surface area contributed by atoms with E-state index in [0.29, 0.717) is 4.83 Å². The van der Waals surface area contributed by atoms with E-state index in [1.54, 1.807) is 6.07 Å². The van der Waals surface area contributed by atoms with E-state index < -0.39 is 0 Å². The smallest absolute Gasteiger partial charge is 0.142 e. The Morgan fingerprint density at radius 2 is 2.00 bits per heavy atom. The average molecular weight is 308 g/mol. The van der Waals surface area contributed by atoms with Gasteiger partial charge in [-0.3, -0.25) is 0 Å². The largest absolute Gasteiger partial charge is 0.205 e. The lowest BCUT2D eigenvalue weighted by Crippen LogP contribution is -2.20. The van der Waals surface area contributed by atoms with E-state index in [9.17, 15) is 4.39 Å². The first-order chi connectivity index (χ1) is 7.30. The average Bonchev–Trinajstić information content (AvgIpc) is 2.18. The van der Waals surface area contributed by atoms with Crippen LogP contribution in [0.25, 0.3) is 0 Å². The second-order valence-electron chi connectivity index (χ2n) is 5.12. The van der Waals surface area contributed by atoms with E-state index in [0.717, 1.165) is 18.4 Å². The van der Waals surface area contributed by atoms with Gasteiger partial charge in [-0.25, -0.2) is 4.39 Å². The number of hydrogen-bond acceptors (Lipinski definition) is 0. The van der Waals surface area contributed by atoms with Gasteiger partial charge in [0.2, 0.25) is 0 Å². The molecule has 0 aromatic heterocycles. The maximum Gasteiger partial charge on any atom is 0.142 e. The van der Waals surface area contributed by atoms with Crippen LogP contribution in [0.2, 0.25) is 5.02 Å². The van der Waals surface area contributed by atoms with Gasteiger partial charge in [-0.2, -0.15) is 0 Å². The third-order valence-corrected chi connectivity index (χ3v) is 4.75. The molecule has 0 N–H and O–H groups in total. The summed E-state index contributed by atoms with van der Waals surface area (Å²) >= 11 is 9.30. The molecule has 0 aliphatic rings. The van der Waals surface area contributed by atoms with Gasteiger partial charge in [0.15, 0.2) is 0 Å². The molecule has 1 aromatic rings. The molecule has 1 rings (SSSR count). The van der Waals surface area contributed by atoms with E-state index in [4.69, 9.17) is 11.6 Å². The first-order valence-electron chi connectivity index (χ1n) is 5.38. The lowest BCUT2D eigenvalue weighted by molar-refractivity contribution is 0.385. The molecule has 0 saturated carbocycles. The minimum atomic E-state index is -0.332. The maximum atomic E-state index is 13.2. The fourth-order valence-corrected chi connectivity index (χ4v) is 1.77. The molecule has 0 aliphatic carbocycles. The fraction of sp³-hybridized carbons (Fsp3) is 0.538. The molecule has 0 radical (unpaired) electrons. The molecule has 16 heavy (non-hydrogen) atoms. The molecule has 1 atom stereocenters. The van der Waals surface area contributed by atoms with Crippen LogP contribution in [-0.2, 0) is 6.42 Å². The van der Waals surface area contributed by atoms with Gasteiger partial charge < -0.3 is 0 Å². The SMILES string of the molecule is CC(C)(C)C(Br)CCc1ccc(Cl)c(F)c1. The summed E-state index contributed by atoms with van der Waals surface area (Å²) < 4.78 is 13.2. The van der Waals surface area contributed by atoms with Gasteiger partial charge in [0.05, 0.1) is 5.02 Å². The van der Waals surface area contributed by atoms with Crippen LogP contribution in [0.5, 0.6) is 0 Å². The van der Waals surface area contributed by atoms with Crippen molar-refractivity contribution in [1.82, 2.24) is 0 Å². The molecule has 0 bridgehead atoms. The zero-order valence-electron chi connectivity index (χ0n) is 9.86. The topological polar surface area (TPSA) is 0 Å². The highest BCUT2D eigenvalue weighted by atomic mass is 79.9. The summed E-state index contributed by atoms with van der Waals surface area (Å²) in [5.41, 5.74) is 1.22. The summed E-state index contributed by atoms with van der Waals surface area (Å²) in [5.74, 6) is -0.332. The molecule has 0 nitrogen and oxygen atoms in total. The van der Waals surface area contributed by atoms with Gasteiger partial charge in [-0.05, 0) is 36.0 Å². The predicted octanol–water partition coefficient (Wildman–Crippen LogP) is 5.22. The quantitative estimate of drug-likeness (QED) is 0.671. The molecule has 0 aliphatic heterocycles. The van der Waals surface area contributed by atoms with Gasteiger partial charge in [0.25, 0.3) is 0 Å². The lowest BCUT2D eigenvalue weighted by atomic mass is 9.89. The van der Waals surface area contributed by atoms with Gasteiger partial charge in [-0.1, -0.05) is 54.4 Å². The van der Waals surface area contributed by atoms with Gasteiger partial charge in [-0.15, -0.1) is 0 Å². The molecule has 0 spiro atoms. The van der Waals surface area contributed by atoms with Gasteiger partial charge in [0.1, 0.15) is 5.82 Å². The summed E-state index contributed by atoms with van der Waals surface area (Å²) in [7, 11) is 0. The first-order valence-corrected chi connectivity index (χ1v) is 6.68. The van der Waals surface area contributed by atoms with Crippen LogP contribution < -0.4 is 0 Å². The molecule has 1 aromatic carbocycles. The lowest BCUT2D eigenvalue weighted by Gasteiger charge is -2.25. The standard InChI is InChI=1S/C13H17BrClF/c1-13(2,3)12(14)7-5-9-4-6-10(15)11(16)8-9/h4,6,8,12H,5,7H2,1-3H3. The number of alkyl halides is 1. The predicted molar refractivity (Wildman–Crippen MR) is 71.9 cm³/mol. The summed E-state index contributed by atoms with van der Waals surface area (Å²) in [6, 6.07) is 5.02. The molecular weight excluding hydrogens is 290 g/mol. The van der Waals surface area contributed by atoms with Crippen molar-refractivity contribution in [2.45, 2.75) is 38.4 Å². The highest BCUT2D eigenvalue weighted by Gasteiger charge is 2.21. The minimum absolute atomic E-state index is 0.190. The Labute approximate surface area is 110 Å². The van der Waals surface area contributed by atoms with Crippen molar-refractivity contribution in [2.75, 3.05) is 0 Å². The number of aryl methyl sites for hydroxylation is 1. The second-order valence-corrected chi connectivity index (χ2v) is 6.63. The highest BCUT2D eigenvalue weighted by Crippen LogP contribution is 2.30. The van der Waals surface area contributed by atoms with E-state index in [-0.39, 0.29) is 16.3 Å². The van der Waals surface area contributed by atoms with E-state index >= 15 is 0 Å². The van der Waals surface area contributed by atoms with Crippen LogP contribution in [0.1, 0.15) is 32.8 Å². The molecule has 0 heterocycles. The molecule has 0 fully saturated rings. The van der Waals surface area contributed by atoms with Crippen LogP contribution in [0.15, 0.2) is 18.2 Å². The second kappa shape index (κ2) is 5.50. The number of halogens is 3. The zero-order valence-corrected chi connectivity index (χ0v) is 12.2.